The standard InChI is InChI=1S/C18H15F2NO3/c1-10(21-18(22)16-12(19)6-4-7-13(16)20)15-9-11-5-3-8-14(23-2)17(11)24-15/h3-10H,1-2H3,(H,21,22). The monoisotopic (exact) mass is 331 g/mol. The number of carbonyl (C=O) groups excluding carboxylic acids is 1. The van der Waals surface area contributed by atoms with Crippen LogP contribution in [-0.4, -0.2) is 13.0 Å². The zero-order valence-corrected chi connectivity index (χ0v) is 13.1. The molecule has 0 spiro atoms. The molecule has 0 bridgehead atoms. The van der Waals surface area contributed by atoms with Crippen molar-refractivity contribution in [3.05, 3.63) is 65.4 Å². The van der Waals surface area contributed by atoms with Crippen LogP contribution in [0, 0.1) is 11.6 Å². The van der Waals surface area contributed by atoms with E-state index in [2.05, 4.69) is 5.32 Å². The van der Waals surface area contributed by atoms with E-state index in [4.69, 9.17) is 9.15 Å². The third kappa shape index (κ3) is 2.82. The molecule has 3 rings (SSSR count). The van der Waals surface area contributed by atoms with Gasteiger partial charge in [0.05, 0.1) is 13.2 Å². The minimum Gasteiger partial charge on any atom is -0.493 e. The summed E-state index contributed by atoms with van der Waals surface area (Å²) in [6, 6.07) is 9.87. The van der Waals surface area contributed by atoms with Crippen molar-refractivity contribution < 1.29 is 22.7 Å². The van der Waals surface area contributed by atoms with Crippen LogP contribution >= 0.6 is 0 Å². The average molecular weight is 331 g/mol. The Morgan fingerprint density at radius 3 is 2.50 bits per heavy atom. The SMILES string of the molecule is COc1cccc2cc(C(C)NC(=O)c3c(F)cccc3F)oc12. The number of nitrogens with one attached hydrogen (secondary N) is 1. The molecule has 1 heterocycles. The van der Waals surface area contributed by atoms with Crippen molar-refractivity contribution in [3.8, 4) is 5.75 Å². The lowest BCUT2D eigenvalue weighted by molar-refractivity contribution is 0.0927. The molecular formula is C18H15F2NO3. The van der Waals surface area contributed by atoms with Crippen molar-refractivity contribution in [2.75, 3.05) is 7.11 Å². The Labute approximate surface area is 137 Å². The van der Waals surface area contributed by atoms with Crippen LogP contribution in [-0.2, 0) is 0 Å². The Morgan fingerprint density at radius 1 is 1.17 bits per heavy atom. The topological polar surface area (TPSA) is 51.5 Å². The number of rotatable bonds is 4. The maximum atomic E-state index is 13.7. The molecule has 0 aliphatic heterocycles. The third-order valence-electron chi connectivity index (χ3n) is 3.71. The highest BCUT2D eigenvalue weighted by Gasteiger charge is 2.21. The molecule has 0 aliphatic rings. The van der Waals surface area contributed by atoms with Crippen molar-refractivity contribution in [1.29, 1.82) is 0 Å². The largest absolute Gasteiger partial charge is 0.493 e. The summed E-state index contributed by atoms with van der Waals surface area (Å²) in [6.07, 6.45) is 0. The first-order valence-corrected chi connectivity index (χ1v) is 7.32. The Bertz CT molecular complexity index is 884. The molecule has 4 nitrogen and oxygen atoms in total. The smallest absolute Gasteiger partial charge is 0.257 e. The van der Waals surface area contributed by atoms with Gasteiger partial charge in [-0.2, -0.15) is 0 Å². The Balaban J connectivity index is 1.87. The minimum atomic E-state index is -0.911. The molecule has 6 heteroatoms. The predicted octanol–water partition coefficient (Wildman–Crippen LogP) is 4.21. The number of halogens is 2. The molecule has 2 aromatic carbocycles. The molecule has 1 aromatic heterocycles. The molecule has 0 fully saturated rings. The number of furan rings is 1. The van der Waals surface area contributed by atoms with Gasteiger partial charge in [0.1, 0.15) is 23.0 Å². The summed E-state index contributed by atoms with van der Waals surface area (Å²) in [6.45, 7) is 1.67. The van der Waals surface area contributed by atoms with Crippen LogP contribution in [0.4, 0.5) is 8.78 Å². The van der Waals surface area contributed by atoms with Crippen LogP contribution in [0.5, 0.6) is 5.75 Å². The minimum absolute atomic E-state index is 0.458. The Kier molecular flexibility index (Phi) is 4.20. The number of benzene rings is 2. The normalized spacial score (nSPS) is 12.2. The summed E-state index contributed by atoms with van der Waals surface area (Å²) in [4.78, 5) is 12.2. The quantitative estimate of drug-likeness (QED) is 0.779. The van der Waals surface area contributed by atoms with E-state index in [1.807, 2.05) is 12.1 Å². The lowest BCUT2D eigenvalue weighted by atomic mass is 10.1. The molecule has 0 saturated carbocycles. The molecule has 1 amide bonds. The second-order valence-corrected chi connectivity index (χ2v) is 5.32. The fourth-order valence-electron chi connectivity index (χ4n) is 2.49. The molecular weight excluding hydrogens is 316 g/mol. The number of para-hydroxylation sites is 1. The number of hydrogen-bond acceptors (Lipinski definition) is 3. The summed E-state index contributed by atoms with van der Waals surface area (Å²) in [5.74, 6) is -1.64. The van der Waals surface area contributed by atoms with Gasteiger partial charge in [-0.3, -0.25) is 4.79 Å². The molecule has 0 radical (unpaired) electrons. The first kappa shape index (κ1) is 16.0. The first-order valence-electron chi connectivity index (χ1n) is 7.32. The highest BCUT2D eigenvalue weighted by molar-refractivity contribution is 5.95. The van der Waals surface area contributed by atoms with E-state index in [0.29, 0.717) is 17.1 Å². The molecule has 1 N–H and O–H groups in total. The second-order valence-electron chi connectivity index (χ2n) is 5.32. The average Bonchev–Trinajstić information content (AvgIpc) is 2.98. The molecule has 0 saturated heterocycles. The van der Waals surface area contributed by atoms with Gasteiger partial charge in [0, 0.05) is 5.39 Å². The summed E-state index contributed by atoms with van der Waals surface area (Å²) < 4.78 is 38.3. The van der Waals surface area contributed by atoms with Gasteiger partial charge in [-0.1, -0.05) is 18.2 Å². The number of ether oxygens (including phenoxy) is 1. The third-order valence-corrected chi connectivity index (χ3v) is 3.71. The predicted molar refractivity (Wildman–Crippen MR) is 85.0 cm³/mol. The van der Waals surface area contributed by atoms with E-state index in [0.717, 1.165) is 17.5 Å². The van der Waals surface area contributed by atoms with E-state index in [1.54, 1.807) is 19.1 Å². The number of amides is 1. The van der Waals surface area contributed by atoms with Gasteiger partial charge in [-0.15, -0.1) is 0 Å². The summed E-state index contributed by atoms with van der Waals surface area (Å²) >= 11 is 0. The molecule has 0 aliphatic carbocycles. The molecule has 1 atom stereocenters. The van der Waals surface area contributed by atoms with Gasteiger partial charge in [-0.05, 0) is 31.2 Å². The lowest BCUT2D eigenvalue weighted by Crippen LogP contribution is -2.28. The van der Waals surface area contributed by atoms with Crippen molar-refractivity contribution in [2.24, 2.45) is 0 Å². The van der Waals surface area contributed by atoms with Gasteiger partial charge in [0.2, 0.25) is 0 Å². The Hall–Kier alpha value is -2.89. The van der Waals surface area contributed by atoms with Crippen LogP contribution in [0.2, 0.25) is 0 Å². The van der Waals surface area contributed by atoms with Crippen LogP contribution < -0.4 is 10.1 Å². The van der Waals surface area contributed by atoms with Crippen molar-refractivity contribution in [3.63, 3.8) is 0 Å². The zero-order valence-electron chi connectivity index (χ0n) is 13.1. The fourth-order valence-corrected chi connectivity index (χ4v) is 2.49. The molecule has 24 heavy (non-hydrogen) atoms. The maximum Gasteiger partial charge on any atom is 0.257 e. The number of carbonyl (C=O) groups is 1. The van der Waals surface area contributed by atoms with Crippen molar-refractivity contribution in [2.45, 2.75) is 13.0 Å². The summed E-state index contributed by atoms with van der Waals surface area (Å²) in [5, 5.41) is 3.35. The zero-order chi connectivity index (χ0) is 17.3. The van der Waals surface area contributed by atoms with Gasteiger partial charge in [0.25, 0.3) is 5.91 Å². The lowest BCUT2D eigenvalue weighted by Gasteiger charge is -2.12. The van der Waals surface area contributed by atoms with Gasteiger partial charge in [0.15, 0.2) is 11.3 Å². The van der Waals surface area contributed by atoms with Gasteiger partial charge < -0.3 is 14.5 Å². The van der Waals surface area contributed by atoms with Crippen molar-refractivity contribution in [1.82, 2.24) is 5.32 Å². The number of hydrogen-bond donors (Lipinski definition) is 1. The van der Waals surface area contributed by atoms with Crippen LogP contribution in [0.3, 0.4) is 0 Å². The van der Waals surface area contributed by atoms with E-state index in [9.17, 15) is 13.6 Å². The van der Waals surface area contributed by atoms with Gasteiger partial charge in [-0.25, -0.2) is 8.78 Å². The maximum absolute atomic E-state index is 13.7. The summed E-state index contributed by atoms with van der Waals surface area (Å²) in [7, 11) is 1.53. The highest BCUT2D eigenvalue weighted by atomic mass is 19.1. The van der Waals surface area contributed by atoms with Crippen LogP contribution in [0.25, 0.3) is 11.0 Å². The molecule has 1 unspecified atom stereocenters. The van der Waals surface area contributed by atoms with Crippen LogP contribution in [0.1, 0.15) is 29.1 Å². The summed E-state index contributed by atoms with van der Waals surface area (Å²) in [5.41, 5.74) is -0.0637. The number of fused-ring (bicyclic) bond motifs is 1. The number of methoxy groups -OCH3 is 1. The van der Waals surface area contributed by atoms with E-state index >= 15 is 0 Å². The van der Waals surface area contributed by atoms with Crippen molar-refractivity contribution >= 4 is 16.9 Å². The molecule has 124 valence electrons. The van der Waals surface area contributed by atoms with E-state index < -0.39 is 29.1 Å². The highest BCUT2D eigenvalue weighted by Crippen LogP contribution is 2.31. The molecule has 3 aromatic rings. The van der Waals surface area contributed by atoms with E-state index in [-0.39, 0.29) is 0 Å². The fraction of sp³-hybridized carbons (Fsp3) is 0.167. The van der Waals surface area contributed by atoms with E-state index in [1.165, 1.54) is 13.2 Å². The second kappa shape index (κ2) is 6.31. The first-order chi connectivity index (χ1) is 11.5. The Morgan fingerprint density at radius 2 is 1.83 bits per heavy atom. The van der Waals surface area contributed by atoms with Gasteiger partial charge >= 0.3 is 0 Å². The van der Waals surface area contributed by atoms with Crippen LogP contribution in [0.15, 0.2) is 46.9 Å².